The number of rotatable bonds is 1. The van der Waals surface area contributed by atoms with E-state index in [4.69, 9.17) is 4.74 Å². The lowest BCUT2D eigenvalue weighted by molar-refractivity contribution is -0.154. The minimum absolute atomic E-state index is 0.763. The maximum atomic E-state index is 5.23. The first-order chi connectivity index (χ1) is 5.84. The highest BCUT2D eigenvalue weighted by Crippen LogP contribution is 2.36. The summed E-state index contributed by atoms with van der Waals surface area (Å²) in [6.45, 7) is 4.48. The van der Waals surface area contributed by atoms with E-state index in [0.29, 0.717) is 0 Å². The highest BCUT2D eigenvalue weighted by molar-refractivity contribution is 14.1. The number of nitrogens with zero attached hydrogens (tertiary/aromatic N) is 2. The Kier molecular flexibility index (Phi) is 1.86. The third kappa shape index (κ3) is 1.05. The van der Waals surface area contributed by atoms with E-state index in [1.807, 2.05) is 0 Å². The largest absolute Gasteiger partial charge is 0.378 e. The molecule has 0 radical (unpaired) electrons. The smallest absolute Gasteiger partial charge is 0.0645 e. The molecule has 4 rings (SSSR count). The lowest BCUT2D eigenvalue weighted by atomic mass is 9.86. The quantitative estimate of drug-likeness (QED) is 0.514. The van der Waals surface area contributed by atoms with E-state index in [9.17, 15) is 0 Å². The van der Waals surface area contributed by atoms with Crippen molar-refractivity contribution < 1.29 is 4.74 Å². The summed E-state index contributed by atoms with van der Waals surface area (Å²) < 4.78 is 7.65. The minimum Gasteiger partial charge on any atom is -0.378 e. The molecule has 0 amide bonds. The Morgan fingerprint density at radius 3 is 2.25 bits per heavy atom. The molecule has 0 spiro atoms. The topological polar surface area (TPSA) is 15.7 Å². The van der Waals surface area contributed by atoms with Gasteiger partial charge in [0.2, 0.25) is 0 Å². The van der Waals surface area contributed by atoms with Crippen LogP contribution in [-0.2, 0) is 4.74 Å². The van der Waals surface area contributed by atoms with Crippen LogP contribution in [0.4, 0.5) is 0 Å². The molecule has 68 valence electrons. The van der Waals surface area contributed by atoms with Gasteiger partial charge >= 0.3 is 0 Å². The van der Waals surface area contributed by atoms with Crippen LogP contribution in [-0.4, -0.2) is 52.4 Å². The maximum absolute atomic E-state index is 5.23. The molecule has 2 unspecified atom stereocenters. The molecule has 0 aliphatic carbocycles. The van der Waals surface area contributed by atoms with Crippen LogP contribution in [0.3, 0.4) is 0 Å². The van der Waals surface area contributed by atoms with Gasteiger partial charge in [-0.1, -0.05) is 0 Å². The van der Waals surface area contributed by atoms with E-state index in [1.54, 1.807) is 0 Å². The van der Waals surface area contributed by atoms with Crippen molar-refractivity contribution in [2.75, 3.05) is 26.3 Å². The Balaban J connectivity index is 1.67. The van der Waals surface area contributed by atoms with Crippen LogP contribution in [0.2, 0.25) is 0 Å². The number of piperidine rings is 1. The summed E-state index contributed by atoms with van der Waals surface area (Å²) in [5, 5.41) is 0. The Hall–Kier alpha value is 0.610. The first-order valence-electron chi connectivity index (χ1n) is 4.60. The van der Waals surface area contributed by atoms with Crippen LogP contribution in [0.15, 0.2) is 0 Å². The van der Waals surface area contributed by atoms with E-state index in [0.717, 1.165) is 31.3 Å². The van der Waals surface area contributed by atoms with Gasteiger partial charge in [0.25, 0.3) is 0 Å². The molecule has 4 saturated heterocycles. The van der Waals surface area contributed by atoms with E-state index in [2.05, 4.69) is 30.9 Å². The summed E-state index contributed by atoms with van der Waals surface area (Å²) in [4.78, 5) is 2.68. The maximum Gasteiger partial charge on any atom is 0.0645 e. The number of hydrogen-bond donors (Lipinski definition) is 0. The van der Waals surface area contributed by atoms with Gasteiger partial charge in [0.15, 0.2) is 0 Å². The Morgan fingerprint density at radius 1 is 1.08 bits per heavy atom. The molecule has 0 aromatic rings. The molecule has 4 heteroatoms. The van der Waals surface area contributed by atoms with Crippen molar-refractivity contribution in [2.45, 2.75) is 24.5 Å². The molecule has 0 N–H and O–H groups in total. The molecule has 0 aromatic heterocycles. The van der Waals surface area contributed by atoms with E-state index in [1.165, 1.54) is 19.5 Å². The van der Waals surface area contributed by atoms with Crippen LogP contribution in [0, 0.1) is 0 Å². The summed E-state index contributed by atoms with van der Waals surface area (Å²) in [6.07, 6.45) is 1.43. The molecule has 0 aromatic carbocycles. The molecular weight excluding hydrogens is 267 g/mol. The molecule has 2 bridgehead atoms. The summed E-state index contributed by atoms with van der Waals surface area (Å²) in [5.41, 5.74) is 0. The Bertz CT molecular complexity index is 185. The fourth-order valence-corrected chi connectivity index (χ4v) is 3.49. The molecular formula is C8H13IN2O. The van der Waals surface area contributed by atoms with Crippen LogP contribution in [0.5, 0.6) is 0 Å². The van der Waals surface area contributed by atoms with Gasteiger partial charge in [-0.2, -0.15) is 0 Å². The molecule has 4 aliphatic heterocycles. The van der Waals surface area contributed by atoms with Gasteiger partial charge in [-0.25, -0.2) is 3.11 Å². The molecule has 3 nitrogen and oxygen atoms in total. The molecule has 2 atom stereocenters. The van der Waals surface area contributed by atoms with Crippen molar-refractivity contribution in [2.24, 2.45) is 0 Å². The average Bonchev–Trinajstić information content (AvgIpc) is 1.96. The van der Waals surface area contributed by atoms with Crippen LogP contribution in [0.1, 0.15) is 6.42 Å². The van der Waals surface area contributed by atoms with Crippen LogP contribution in [0.25, 0.3) is 0 Å². The van der Waals surface area contributed by atoms with Crippen molar-refractivity contribution in [1.82, 2.24) is 8.01 Å². The summed E-state index contributed by atoms with van der Waals surface area (Å²) in [5.74, 6) is 0. The van der Waals surface area contributed by atoms with Crippen LogP contribution < -0.4 is 0 Å². The molecule has 4 heterocycles. The van der Waals surface area contributed by atoms with Crippen molar-refractivity contribution in [3.05, 3.63) is 0 Å². The van der Waals surface area contributed by atoms with Crippen LogP contribution >= 0.6 is 22.9 Å². The standard InChI is InChI=1S/C8H13IN2O/c9-10-2-6-1-7(3-10)11(6)8-4-12-5-8/h6-8H,1-5H2. The van der Waals surface area contributed by atoms with Crippen molar-refractivity contribution in [3.8, 4) is 0 Å². The van der Waals surface area contributed by atoms with Crippen molar-refractivity contribution in [3.63, 3.8) is 0 Å². The van der Waals surface area contributed by atoms with Crippen molar-refractivity contribution >= 4 is 22.9 Å². The zero-order chi connectivity index (χ0) is 8.13. The first kappa shape index (κ1) is 7.96. The second kappa shape index (κ2) is 2.80. The zero-order valence-electron chi connectivity index (χ0n) is 6.95. The number of piperazine rings is 1. The third-order valence-corrected chi connectivity index (χ3v) is 4.04. The summed E-state index contributed by atoms with van der Waals surface area (Å²) in [6, 6.07) is 2.45. The van der Waals surface area contributed by atoms with Gasteiger partial charge in [0.1, 0.15) is 0 Å². The number of ether oxygens (including phenoxy) is 1. The molecule has 0 saturated carbocycles. The zero-order valence-corrected chi connectivity index (χ0v) is 9.11. The third-order valence-electron chi connectivity index (χ3n) is 3.25. The van der Waals surface area contributed by atoms with Gasteiger partial charge in [-0.15, -0.1) is 0 Å². The van der Waals surface area contributed by atoms with E-state index in [-0.39, 0.29) is 0 Å². The molecule has 4 aliphatic rings. The lowest BCUT2D eigenvalue weighted by Gasteiger charge is -2.59. The highest BCUT2D eigenvalue weighted by atomic mass is 127. The number of hydrogen-bond acceptors (Lipinski definition) is 3. The molecule has 12 heavy (non-hydrogen) atoms. The molecule has 4 fully saturated rings. The van der Waals surface area contributed by atoms with Gasteiger partial charge < -0.3 is 4.74 Å². The highest BCUT2D eigenvalue weighted by Gasteiger charge is 2.48. The summed E-state index contributed by atoms with van der Waals surface area (Å²) >= 11 is 2.44. The second-order valence-corrected chi connectivity index (χ2v) is 5.37. The van der Waals surface area contributed by atoms with E-state index < -0.39 is 0 Å². The monoisotopic (exact) mass is 280 g/mol. The van der Waals surface area contributed by atoms with Crippen molar-refractivity contribution in [1.29, 1.82) is 0 Å². The predicted molar refractivity (Wildman–Crippen MR) is 54.2 cm³/mol. The van der Waals surface area contributed by atoms with E-state index >= 15 is 0 Å². The second-order valence-electron chi connectivity index (χ2n) is 4.01. The number of halogens is 1. The SMILES string of the molecule is IN1CC2CC(C1)N2C1COC1. The summed E-state index contributed by atoms with van der Waals surface area (Å²) in [7, 11) is 0. The predicted octanol–water partition coefficient (Wildman–Crippen LogP) is 0.494. The van der Waals surface area contributed by atoms with Gasteiger partial charge in [-0.05, 0) is 6.42 Å². The first-order valence-corrected chi connectivity index (χ1v) is 5.57. The van der Waals surface area contributed by atoms with Gasteiger partial charge in [0, 0.05) is 48.0 Å². The number of fused-ring (bicyclic) bond motifs is 2. The van der Waals surface area contributed by atoms with Gasteiger partial charge in [-0.3, -0.25) is 4.90 Å². The minimum atomic E-state index is 0.763. The van der Waals surface area contributed by atoms with Gasteiger partial charge in [0.05, 0.1) is 19.3 Å². The Morgan fingerprint density at radius 2 is 1.75 bits per heavy atom. The average molecular weight is 280 g/mol. The fraction of sp³-hybridized carbons (Fsp3) is 1.00. The normalized spacial score (nSPS) is 43.8. The Labute approximate surface area is 86.5 Å². The fourth-order valence-electron chi connectivity index (χ4n) is 2.58. The lowest BCUT2D eigenvalue weighted by Crippen LogP contribution is -2.72.